The Morgan fingerprint density at radius 3 is 2.55 bits per heavy atom. The summed E-state index contributed by atoms with van der Waals surface area (Å²) >= 11 is 0. The number of methoxy groups -OCH3 is 1. The van der Waals surface area contributed by atoms with E-state index in [4.69, 9.17) is 14.5 Å². The number of rotatable bonds is 3. The van der Waals surface area contributed by atoms with E-state index < -0.39 is 31.9 Å². The van der Waals surface area contributed by atoms with Gasteiger partial charge in [-0.25, -0.2) is 14.2 Å². The SMILES string of the molecule is COC(=O)C1c2ccccc2[C@@H]2CN1C(=O)N2OP(=O)(O)O. The Morgan fingerprint density at radius 2 is 1.95 bits per heavy atom. The van der Waals surface area contributed by atoms with Gasteiger partial charge in [-0.15, -0.1) is 0 Å². The number of fused-ring (bicyclic) bond motifs is 4. The van der Waals surface area contributed by atoms with Crippen LogP contribution < -0.4 is 0 Å². The van der Waals surface area contributed by atoms with Crippen molar-refractivity contribution in [1.82, 2.24) is 9.96 Å². The second-order valence-corrected chi connectivity index (χ2v) is 6.05. The number of urea groups is 1. The largest absolute Gasteiger partial charge is 0.491 e. The van der Waals surface area contributed by atoms with E-state index in [2.05, 4.69) is 4.62 Å². The van der Waals surface area contributed by atoms with Crippen LogP contribution in [0.25, 0.3) is 0 Å². The van der Waals surface area contributed by atoms with E-state index in [9.17, 15) is 14.2 Å². The molecule has 118 valence electrons. The van der Waals surface area contributed by atoms with Crippen LogP contribution in [0.2, 0.25) is 0 Å². The molecule has 0 radical (unpaired) electrons. The number of carbonyl (C=O) groups is 2. The maximum absolute atomic E-state index is 12.3. The minimum Gasteiger partial charge on any atom is -0.467 e. The average molecular weight is 328 g/mol. The minimum absolute atomic E-state index is 0.0790. The molecule has 2 aliphatic rings. The number of benzene rings is 1. The Morgan fingerprint density at radius 1 is 1.32 bits per heavy atom. The maximum atomic E-state index is 12.3. The van der Waals surface area contributed by atoms with Crippen molar-refractivity contribution in [2.24, 2.45) is 0 Å². The molecule has 2 heterocycles. The molecule has 1 aromatic carbocycles. The summed E-state index contributed by atoms with van der Waals surface area (Å²) in [5.41, 5.74) is 1.14. The number of hydrogen-bond donors (Lipinski definition) is 2. The molecule has 0 aromatic heterocycles. The molecular formula is C12H13N2O7P. The molecule has 0 aliphatic carbocycles. The first-order chi connectivity index (χ1) is 10.3. The van der Waals surface area contributed by atoms with Crippen LogP contribution in [0, 0.1) is 0 Å². The van der Waals surface area contributed by atoms with E-state index in [1.807, 2.05) is 0 Å². The van der Waals surface area contributed by atoms with Crippen LogP contribution in [0.4, 0.5) is 4.79 Å². The van der Waals surface area contributed by atoms with Gasteiger partial charge in [0.1, 0.15) is 6.04 Å². The molecule has 2 aliphatic heterocycles. The highest BCUT2D eigenvalue weighted by molar-refractivity contribution is 7.46. The van der Waals surface area contributed by atoms with Gasteiger partial charge >= 0.3 is 19.8 Å². The Hall–Kier alpha value is -1.93. The van der Waals surface area contributed by atoms with E-state index in [1.54, 1.807) is 24.3 Å². The Bertz CT molecular complexity index is 688. The summed E-state index contributed by atoms with van der Waals surface area (Å²) in [5, 5.41) is 0.628. The van der Waals surface area contributed by atoms with Gasteiger partial charge < -0.3 is 19.4 Å². The molecule has 2 bridgehead atoms. The third-order valence-corrected chi connectivity index (χ3v) is 4.06. The second-order valence-electron chi connectivity index (χ2n) is 4.90. The highest BCUT2D eigenvalue weighted by Crippen LogP contribution is 2.48. The first-order valence-corrected chi connectivity index (χ1v) is 7.88. The molecule has 0 saturated carbocycles. The Balaban J connectivity index is 2.08. The smallest absolute Gasteiger partial charge is 0.467 e. The number of hydroxylamine groups is 2. The monoisotopic (exact) mass is 328 g/mol. The number of phosphoric acid groups is 1. The van der Waals surface area contributed by atoms with Crippen LogP contribution >= 0.6 is 7.82 Å². The summed E-state index contributed by atoms with van der Waals surface area (Å²) < 4.78 is 20.3. The van der Waals surface area contributed by atoms with Gasteiger partial charge in [0.25, 0.3) is 0 Å². The van der Waals surface area contributed by atoms with E-state index in [-0.39, 0.29) is 6.54 Å². The second kappa shape index (κ2) is 5.06. The zero-order valence-electron chi connectivity index (χ0n) is 11.4. The molecule has 3 rings (SSSR count). The van der Waals surface area contributed by atoms with Gasteiger partial charge in [-0.3, -0.25) is 0 Å². The number of amides is 2. The van der Waals surface area contributed by atoms with Crippen LogP contribution in [0.1, 0.15) is 23.2 Å². The normalized spacial score (nSPS) is 23.5. The van der Waals surface area contributed by atoms with Crippen LogP contribution in [0.3, 0.4) is 0 Å². The maximum Gasteiger partial charge on any atom is 0.491 e. The molecule has 9 nitrogen and oxygen atoms in total. The van der Waals surface area contributed by atoms with Crippen molar-refractivity contribution in [2.45, 2.75) is 12.1 Å². The fourth-order valence-corrected chi connectivity index (χ4v) is 3.26. The van der Waals surface area contributed by atoms with E-state index >= 15 is 0 Å². The molecule has 1 fully saturated rings. The summed E-state index contributed by atoms with van der Waals surface area (Å²) in [6.45, 7) is 0.0790. The van der Waals surface area contributed by atoms with Crippen LogP contribution in [0.15, 0.2) is 24.3 Å². The fraction of sp³-hybridized carbons (Fsp3) is 0.333. The van der Waals surface area contributed by atoms with Gasteiger partial charge in [-0.1, -0.05) is 24.3 Å². The molecule has 1 aromatic rings. The summed E-state index contributed by atoms with van der Waals surface area (Å²) in [6, 6.07) is 4.32. The van der Waals surface area contributed by atoms with Crippen molar-refractivity contribution in [2.75, 3.05) is 13.7 Å². The van der Waals surface area contributed by atoms with Gasteiger partial charge in [0.05, 0.1) is 13.7 Å². The van der Waals surface area contributed by atoms with Crippen molar-refractivity contribution < 1.29 is 33.3 Å². The highest BCUT2D eigenvalue weighted by Gasteiger charge is 2.52. The minimum atomic E-state index is -4.90. The average Bonchev–Trinajstić information content (AvgIpc) is 2.73. The van der Waals surface area contributed by atoms with Crippen LogP contribution in [-0.4, -0.2) is 45.4 Å². The van der Waals surface area contributed by atoms with Crippen molar-refractivity contribution in [3.05, 3.63) is 35.4 Å². The molecule has 1 unspecified atom stereocenters. The summed E-state index contributed by atoms with van der Waals surface area (Å²) in [6.07, 6.45) is 0. The lowest BCUT2D eigenvalue weighted by atomic mass is 9.91. The first-order valence-electron chi connectivity index (χ1n) is 6.35. The molecule has 2 N–H and O–H groups in total. The number of esters is 1. The zero-order chi connectivity index (χ0) is 16.1. The number of nitrogens with zero attached hydrogens (tertiary/aromatic N) is 2. The summed E-state index contributed by atoms with van der Waals surface area (Å²) in [4.78, 5) is 43.5. The Labute approximate surface area is 125 Å². The van der Waals surface area contributed by atoms with Gasteiger partial charge in [0, 0.05) is 0 Å². The third kappa shape index (κ3) is 2.28. The van der Waals surface area contributed by atoms with Crippen molar-refractivity contribution in [3.8, 4) is 0 Å². The standard InChI is InChI=1S/C12H13N2O7P/c1-20-11(15)10-8-5-3-2-4-7(8)9-6-13(10)12(16)14(9)21-22(17,18)19/h2-5,9-10H,6H2,1H3,(H2,17,18,19)/t9-,10?/m0/s1. The highest BCUT2D eigenvalue weighted by atomic mass is 31.2. The topological polar surface area (TPSA) is 117 Å². The lowest BCUT2D eigenvalue weighted by Crippen LogP contribution is -2.38. The number of ether oxygens (including phenoxy) is 1. The van der Waals surface area contributed by atoms with Crippen molar-refractivity contribution >= 4 is 19.8 Å². The number of carbonyl (C=O) groups excluding carboxylic acids is 2. The molecule has 22 heavy (non-hydrogen) atoms. The fourth-order valence-electron chi connectivity index (χ4n) is 2.84. The van der Waals surface area contributed by atoms with Crippen molar-refractivity contribution in [3.63, 3.8) is 0 Å². The summed E-state index contributed by atoms with van der Waals surface area (Å²) in [5.74, 6) is -0.628. The Kier molecular flexibility index (Phi) is 3.45. The number of hydrogen-bond acceptors (Lipinski definition) is 5. The quantitative estimate of drug-likeness (QED) is 0.620. The van der Waals surface area contributed by atoms with Gasteiger partial charge in [-0.05, 0) is 11.1 Å². The van der Waals surface area contributed by atoms with E-state index in [0.29, 0.717) is 16.2 Å². The van der Waals surface area contributed by atoms with Gasteiger partial charge in [0.15, 0.2) is 6.04 Å². The van der Waals surface area contributed by atoms with Crippen molar-refractivity contribution in [1.29, 1.82) is 0 Å². The van der Waals surface area contributed by atoms with Gasteiger partial charge in [-0.2, -0.15) is 9.69 Å². The van der Waals surface area contributed by atoms with Gasteiger partial charge in [0.2, 0.25) is 0 Å². The van der Waals surface area contributed by atoms with Crippen LogP contribution in [-0.2, 0) is 18.7 Å². The molecule has 2 atom stereocenters. The van der Waals surface area contributed by atoms with E-state index in [1.165, 1.54) is 12.0 Å². The van der Waals surface area contributed by atoms with E-state index in [0.717, 1.165) is 0 Å². The van der Waals surface area contributed by atoms with Crippen LogP contribution in [0.5, 0.6) is 0 Å². The lowest BCUT2D eigenvalue weighted by molar-refractivity contribution is -0.146. The predicted molar refractivity (Wildman–Crippen MR) is 71.0 cm³/mol. The molecule has 1 saturated heterocycles. The molecule has 0 spiro atoms. The molecule has 10 heteroatoms. The third-order valence-electron chi connectivity index (χ3n) is 3.67. The molecule has 2 amide bonds. The lowest BCUT2D eigenvalue weighted by Gasteiger charge is -2.30. The zero-order valence-corrected chi connectivity index (χ0v) is 12.3. The summed E-state index contributed by atoms with van der Waals surface area (Å²) in [7, 11) is -3.69. The predicted octanol–water partition coefficient (Wildman–Crippen LogP) is 0.717. The first kappa shape index (κ1) is 15.0. The molecular weight excluding hydrogens is 315 g/mol.